The summed E-state index contributed by atoms with van der Waals surface area (Å²) in [7, 11) is 0. The first kappa shape index (κ1) is 22.4. The lowest BCUT2D eigenvalue weighted by molar-refractivity contribution is -0.145. The molecular formula is C26H34ClNO4. The van der Waals surface area contributed by atoms with Gasteiger partial charge in [-0.3, -0.25) is 4.79 Å². The predicted molar refractivity (Wildman–Crippen MR) is 123 cm³/mol. The van der Waals surface area contributed by atoms with Gasteiger partial charge in [-0.05, 0) is 49.3 Å². The third-order valence-electron chi connectivity index (χ3n) is 9.09. The second-order valence-electron chi connectivity index (χ2n) is 10.6. The van der Waals surface area contributed by atoms with E-state index in [1.54, 1.807) is 0 Å². The molecule has 1 aromatic carbocycles. The number of carbonyl (C=O) groups is 1. The molecule has 2 N–H and O–H groups in total. The molecule has 0 radical (unpaired) electrons. The standard InChI is InChI=1S/C26H34ClNO4/c1-16-4-3-5-18-14-21-22(23(29)25(16,18)2)20(24(30)32-21)15-28-12-10-26(31,11-13-28)17-6-8-19(27)9-7-17/h5-9,16,20-23,29,31H,3-4,10-15H2,1-2H3/t16-,20?,21+,22+,23-,25+/m0/s1. The number of ether oxygens (including phenoxy) is 1. The van der Waals surface area contributed by atoms with Crippen LogP contribution < -0.4 is 0 Å². The molecule has 2 saturated heterocycles. The van der Waals surface area contributed by atoms with Crippen LogP contribution in [0, 0.1) is 23.2 Å². The third kappa shape index (κ3) is 3.53. The highest BCUT2D eigenvalue weighted by molar-refractivity contribution is 6.30. The van der Waals surface area contributed by atoms with Crippen molar-refractivity contribution in [3.8, 4) is 0 Å². The highest BCUT2D eigenvalue weighted by Gasteiger charge is 2.59. The number of carbonyl (C=O) groups excluding carboxylic acids is 1. The Kier molecular flexibility index (Phi) is 5.68. The number of esters is 1. The van der Waals surface area contributed by atoms with Crippen molar-refractivity contribution in [3.63, 3.8) is 0 Å². The number of hydrogen-bond donors (Lipinski definition) is 2. The van der Waals surface area contributed by atoms with Crippen LogP contribution >= 0.6 is 11.6 Å². The van der Waals surface area contributed by atoms with Crippen LogP contribution in [-0.2, 0) is 15.1 Å². The Morgan fingerprint density at radius 1 is 1.22 bits per heavy atom. The van der Waals surface area contributed by atoms with Gasteiger partial charge >= 0.3 is 5.97 Å². The Hall–Kier alpha value is -1.40. The summed E-state index contributed by atoms with van der Waals surface area (Å²) in [6, 6.07) is 7.42. The summed E-state index contributed by atoms with van der Waals surface area (Å²) in [5.41, 5.74) is 1.02. The van der Waals surface area contributed by atoms with Gasteiger partial charge < -0.3 is 19.8 Å². The fraction of sp³-hybridized carbons (Fsp3) is 0.654. The van der Waals surface area contributed by atoms with Gasteiger partial charge in [0.05, 0.1) is 17.6 Å². The van der Waals surface area contributed by atoms with Crippen molar-refractivity contribution in [2.45, 2.75) is 63.8 Å². The normalized spacial score (nSPS) is 39.1. The Labute approximate surface area is 195 Å². The van der Waals surface area contributed by atoms with Crippen molar-refractivity contribution < 1.29 is 19.7 Å². The summed E-state index contributed by atoms with van der Waals surface area (Å²) in [4.78, 5) is 15.1. The quantitative estimate of drug-likeness (QED) is 0.529. The molecule has 0 amide bonds. The van der Waals surface area contributed by atoms with Crippen LogP contribution in [0.3, 0.4) is 0 Å². The maximum Gasteiger partial charge on any atom is 0.311 e. The topological polar surface area (TPSA) is 70.0 Å². The van der Waals surface area contributed by atoms with E-state index in [1.807, 2.05) is 24.3 Å². The number of aliphatic hydroxyl groups is 2. The van der Waals surface area contributed by atoms with Crippen molar-refractivity contribution in [1.82, 2.24) is 4.90 Å². The molecule has 2 heterocycles. The zero-order valence-corrected chi connectivity index (χ0v) is 19.7. The summed E-state index contributed by atoms with van der Waals surface area (Å²) < 4.78 is 5.81. The van der Waals surface area contributed by atoms with Crippen molar-refractivity contribution in [3.05, 3.63) is 46.5 Å². The van der Waals surface area contributed by atoms with E-state index in [0.29, 0.717) is 43.4 Å². The summed E-state index contributed by atoms with van der Waals surface area (Å²) >= 11 is 6.00. The Morgan fingerprint density at radius 2 is 1.91 bits per heavy atom. The van der Waals surface area contributed by atoms with Gasteiger partial charge in [0, 0.05) is 42.4 Å². The number of benzene rings is 1. The van der Waals surface area contributed by atoms with Crippen LogP contribution in [0.2, 0.25) is 5.02 Å². The van der Waals surface area contributed by atoms with Gasteiger partial charge in [0.1, 0.15) is 6.10 Å². The molecule has 6 heteroatoms. The molecule has 3 fully saturated rings. The second-order valence-corrected chi connectivity index (χ2v) is 11.1. The largest absolute Gasteiger partial charge is 0.461 e. The minimum absolute atomic E-state index is 0.165. The molecule has 2 aliphatic carbocycles. The highest BCUT2D eigenvalue weighted by atomic mass is 35.5. The molecule has 0 spiro atoms. The monoisotopic (exact) mass is 459 g/mol. The van der Waals surface area contributed by atoms with E-state index in [9.17, 15) is 15.0 Å². The van der Waals surface area contributed by atoms with Crippen LogP contribution in [0.5, 0.6) is 0 Å². The fourth-order valence-corrected chi connectivity index (χ4v) is 6.83. The van der Waals surface area contributed by atoms with E-state index in [-0.39, 0.29) is 29.3 Å². The van der Waals surface area contributed by atoms with Gasteiger partial charge in [0.15, 0.2) is 0 Å². The number of piperidine rings is 1. The average Bonchev–Trinajstić information content (AvgIpc) is 3.07. The number of nitrogens with zero attached hydrogens (tertiary/aromatic N) is 1. The lowest BCUT2D eigenvalue weighted by Crippen LogP contribution is -2.55. The van der Waals surface area contributed by atoms with Gasteiger partial charge in [-0.25, -0.2) is 0 Å². The summed E-state index contributed by atoms with van der Waals surface area (Å²) in [6.45, 7) is 6.39. The van der Waals surface area contributed by atoms with Gasteiger partial charge in [0.2, 0.25) is 0 Å². The number of allylic oxidation sites excluding steroid dienone is 1. The number of fused-ring (bicyclic) bond motifs is 2. The first-order valence-electron chi connectivity index (χ1n) is 12.0. The minimum atomic E-state index is -0.866. The lowest BCUT2D eigenvalue weighted by atomic mass is 9.55. The van der Waals surface area contributed by atoms with E-state index < -0.39 is 11.7 Å². The molecule has 0 aromatic heterocycles. The molecule has 0 bridgehead atoms. The van der Waals surface area contributed by atoms with Gasteiger partial charge in [-0.15, -0.1) is 0 Å². The van der Waals surface area contributed by atoms with Gasteiger partial charge in [0.25, 0.3) is 0 Å². The first-order valence-corrected chi connectivity index (χ1v) is 12.4. The molecule has 32 heavy (non-hydrogen) atoms. The van der Waals surface area contributed by atoms with Crippen molar-refractivity contribution >= 4 is 17.6 Å². The molecule has 5 nitrogen and oxygen atoms in total. The van der Waals surface area contributed by atoms with E-state index >= 15 is 0 Å². The summed E-state index contributed by atoms with van der Waals surface area (Å²) in [5.74, 6) is -0.265. The molecule has 1 unspecified atom stereocenters. The average molecular weight is 460 g/mol. The Bertz CT molecular complexity index is 907. The zero-order valence-electron chi connectivity index (χ0n) is 19.0. The number of halogens is 1. The molecule has 5 rings (SSSR count). The fourth-order valence-electron chi connectivity index (χ4n) is 6.71. The van der Waals surface area contributed by atoms with Crippen molar-refractivity contribution in [2.75, 3.05) is 19.6 Å². The Balaban J connectivity index is 1.29. The maximum absolute atomic E-state index is 12.9. The number of likely N-dealkylation sites (tertiary alicyclic amines) is 1. The van der Waals surface area contributed by atoms with Crippen molar-refractivity contribution in [2.24, 2.45) is 23.2 Å². The molecule has 2 aliphatic heterocycles. The first-order chi connectivity index (χ1) is 15.2. The maximum atomic E-state index is 12.9. The van der Waals surface area contributed by atoms with Crippen LogP contribution in [-0.4, -0.2) is 52.9 Å². The van der Waals surface area contributed by atoms with Crippen molar-refractivity contribution in [1.29, 1.82) is 0 Å². The van der Waals surface area contributed by atoms with Crippen LogP contribution in [0.25, 0.3) is 0 Å². The second kappa shape index (κ2) is 8.12. The van der Waals surface area contributed by atoms with Crippen LogP contribution in [0.4, 0.5) is 0 Å². The SMILES string of the molecule is C[C@H]1CCC=C2C[C@H]3OC(=O)C(CN4CCC(O)(c5ccc(Cl)cc5)CC4)[C@H]3[C@H](O)[C@@]21C. The number of aliphatic hydroxyl groups excluding tert-OH is 1. The molecule has 1 aromatic rings. The lowest BCUT2D eigenvalue weighted by Gasteiger charge is -2.52. The predicted octanol–water partition coefficient (Wildman–Crippen LogP) is 3.91. The van der Waals surface area contributed by atoms with E-state index in [4.69, 9.17) is 16.3 Å². The molecule has 1 saturated carbocycles. The highest BCUT2D eigenvalue weighted by Crippen LogP contribution is 2.56. The number of rotatable bonds is 3. The third-order valence-corrected chi connectivity index (χ3v) is 9.34. The van der Waals surface area contributed by atoms with E-state index in [0.717, 1.165) is 24.8 Å². The summed E-state index contributed by atoms with van der Waals surface area (Å²) in [6.07, 6.45) is 5.55. The Morgan fingerprint density at radius 3 is 2.59 bits per heavy atom. The molecule has 174 valence electrons. The molecular weight excluding hydrogens is 426 g/mol. The van der Waals surface area contributed by atoms with Gasteiger partial charge in [-0.2, -0.15) is 0 Å². The number of hydrogen-bond acceptors (Lipinski definition) is 5. The van der Waals surface area contributed by atoms with E-state index in [1.165, 1.54) is 5.57 Å². The van der Waals surface area contributed by atoms with E-state index in [2.05, 4.69) is 24.8 Å². The smallest absolute Gasteiger partial charge is 0.311 e. The molecule has 4 aliphatic rings. The minimum Gasteiger partial charge on any atom is -0.461 e. The zero-order chi connectivity index (χ0) is 22.7. The van der Waals surface area contributed by atoms with Crippen LogP contribution in [0.15, 0.2) is 35.9 Å². The molecule has 6 atom stereocenters. The van der Waals surface area contributed by atoms with Gasteiger partial charge in [-0.1, -0.05) is 49.2 Å². The summed E-state index contributed by atoms with van der Waals surface area (Å²) in [5, 5.41) is 23.4. The van der Waals surface area contributed by atoms with Crippen LogP contribution in [0.1, 0.15) is 51.5 Å².